The monoisotopic (exact) mass is 1390 g/mol. The number of aromatic nitrogens is 20. The lowest BCUT2D eigenvalue weighted by Crippen LogP contribution is -1.93. The molecule has 0 bridgehead atoms. The summed E-state index contributed by atoms with van der Waals surface area (Å²) in [6, 6.07) is 36.6. The summed E-state index contributed by atoms with van der Waals surface area (Å²) in [5.74, 6) is -0.636. The molecular weight excluding hydrogens is 1340 g/mol. The molecule has 0 aliphatic heterocycles. The first-order valence-electron chi connectivity index (χ1n) is 31.4. The Labute approximate surface area is 576 Å². The first-order chi connectivity index (χ1) is 50.1. The third-order valence-electron chi connectivity index (χ3n) is 15.7. The van der Waals surface area contributed by atoms with Crippen molar-refractivity contribution >= 4 is 92.2 Å². The van der Waals surface area contributed by atoms with Crippen molar-refractivity contribution in [2.75, 3.05) is 6.61 Å². The molecule has 8 heterocycles. The van der Waals surface area contributed by atoms with Crippen LogP contribution >= 0.6 is 0 Å². The summed E-state index contributed by atoms with van der Waals surface area (Å²) in [6.07, 6.45) is 17.2. The van der Waals surface area contributed by atoms with E-state index in [1.165, 1.54) is 85.5 Å². The third kappa shape index (κ3) is 16.2. The Morgan fingerprint density at radius 1 is 0.398 bits per heavy atom. The molecule has 0 amide bonds. The molecule has 16 rings (SSSR count). The molecule has 8 aromatic carbocycles. The lowest BCUT2D eigenvalue weighted by molar-refractivity contribution is 0.189. The normalized spacial score (nSPS) is 12.0. The van der Waals surface area contributed by atoms with Crippen LogP contribution in [-0.4, -0.2) is 118 Å². The number of nitrogens with one attached hydrogen (secondary N) is 8. The molecule has 0 spiro atoms. The molecule has 0 aliphatic rings. The Morgan fingerprint density at radius 3 is 1.26 bits per heavy atom. The second-order valence-electron chi connectivity index (χ2n) is 22.8. The minimum atomic E-state index is -0.803. The highest BCUT2D eigenvalue weighted by atomic mass is 19.2. The maximum atomic E-state index is 14.5. The number of benzene rings is 8. The van der Waals surface area contributed by atoms with Gasteiger partial charge in [0.15, 0.2) is 46.6 Å². The molecule has 1 unspecified atom stereocenters. The van der Waals surface area contributed by atoms with Crippen LogP contribution in [-0.2, 0) is 6.42 Å². The molecule has 0 saturated carbocycles. The first kappa shape index (κ1) is 68.1. The van der Waals surface area contributed by atoms with Crippen molar-refractivity contribution in [2.45, 2.75) is 25.9 Å². The smallest absolute Gasteiger partial charge is 0.181 e. The summed E-state index contributed by atoms with van der Waals surface area (Å²) < 4.78 is 109. The molecule has 0 fully saturated rings. The molecule has 8 aromatic heterocycles. The molecular formula is C73H54F8N20O2. The molecule has 514 valence electrons. The van der Waals surface area contributed by atoms with Gasteiger partial charge in [0.05, 0.1) is 33.9 Å². The van der Waals surface area contributed by atoms with E-state index in [-0.39, 0.29) is 52.3 Å². The van der Waals surface area contributed by atoms with Gasteiger partial charge in [-0.25, -0.2) is 55.1 Å². The van der Waals surface area contributed by atoms with Crippen LogP contribution in [0.1, 0.15) is 76.1 Å². The molecule has 0 radical (unpaired) electrons. The van der Waals surface area contributed by atoms with Gasteiger partial charge in [-0.05, 0) is 151 Å². The first-order valence-corrected chi connectivity index (χ1v) is 31.4. The topological polar surface area (TPSA) is 321 Å². The zero-order chi connectivity index (χ0) is 71.5. The molecule has 30 heteroatoms. The van der Waals surface area contributed by atoms with Gasteiger partial charge in [0.2, 0.25) is 0 Å². The number of hydrogen-bond acceptors (Lipinski definition) is 14. The number of H-pyrrole nitrogens is 8. The van der Waals surface area contributed by atoms with E-state index in [0.717, 1.165) is 27.6 Å². The summed E-state index contributed by atoms with van der Waals surface area (Å²) in [4.78, 5) is 16.5. The largest absolute Gasteiger partial charge is 0.396 e. The average molecular weight is 1400 g/mol. The van der Waals surface area contributed by atoms with Crippen molar-refractivity contribution in [3.63, 3.8) is 0 Å². The predicted molar refractivity (Wildman–Crippen MR) is 373 cm³/mol. The van der Waals surface area contributed by atoms with Crippen LogP contribution in [0.4, 0.5) is 35.1 Å². The Kier molecular flexibility index (Phi) is 20.3. The van der Waals surface area contributed by atoms with Crippen LogP contribution in [0.25, 0.3) is 138 Å². The van der Waals surface area contributed by atoms with Crippen molar-refractivity contribution in [3.8, 4) is 45.6 Å². The standard InChI is InChI=1S/C20H17F2N5O.C19H15F2N5O.2C17H11F2N5/c21-14-6-3-12(4-7-14)5-8-17-15-10-13(11-16(22)19(15)26-24-17)20-23-18(25-27-20)2-1-9-28;1-10(27)18-22-19(26-25-18)12-8-14-16(23-24-17(14)15(21)9-12)7-4-11-2-5-13(20)6-3-11;18-12-4-1-10(2-5-12)3-6-15-13-7-11(17-20-9-21-24-17)8-14(19)16(13)23-22-15;18-11-4-1-10(2-5-11)3-6-15-13-7-12(17-20-9-21-24-17)14(19)8-16(13)23-22-15/h3-8,10-11,28H,1-2,9H2,(H,24,26)(H,23,25,27);2-10,27H,1H3,(H,23,24)(H,22,25,26);2*1-9H,(H,22,23)(H,20,21,24)/b8-5+;7-4+;2*6-3+. The van der Waals surface area contributed by atoms with E-state index < -0.39 is 29.4 Å². The predicted octanol–water partition coefficient (Wildman–Crippen LogP) is 15.2. The quantitative estimate of drug-likeness (QED) is 0.0402. The zero-order valence-corrected chi connectivity index (χ0v) is 53.6. The number of aromatic amines is 8. The van der Waals surface area contributed by atoms with E-state index in [1.807, 2.05) is 6.08 Å². The summed E-state index contributed by atoms with van der Waals surface area (Å²) in [5, 5.41) is 75.0. The summed E-state index contributed by atoms with van der Waals surface area (Å²) >= 11 is 0. The highest BCUT2D eigenvalue weighted by molar-refractivity contribution is 5.96. The summed E-state index contributed by atoms with van der Waals surface area (Å²) in [5.41, 5.74) is 8.91. The van der Waals surface area contributed by atoms with Crippen LogP contribution in [0.2, 0.25) is 0 Å². The fraction of sp³-hybridized carbons (Fsp3) is 0.0685. The van der Waals surface area contributed by atoms with Gasteiger partial charge in [-0.1, -0.05) is 72.8 Å². The SMILES string of the molecule is CC(O)c1nc(-c2cc(F)c3n[nH]c(/C=C/c4ccc(F)cc4)c3c2)n[nH]1.Fc1ccc(/C=C/c2[nH]nc3c(F)cc(-c4ncn[nH]4)cc23)cc1.Fc1ccc(/C=C/c2n[nH]c3cc(F)c(-c4ncn[nH]4)cc23)cc1.OCCCc1nc(-c2cc(F)c3n[nH]c(/C=C/c4ccc(F)cc4)c3c2)n[nH]1. The molecule has 22 nitrogen and oxygen atoms in total. The number of aliphatic hydroxyl groups excluding tert-OH is 2. The van der Waals surface area contributed by atoms with E-state index >= 15 is 0 Å². The number of aryl methyl sites for hydroxylation is 1. The van der Waals surface area contributed by atoms with Crippen molar-refractivity contribution in [1.29, 1.82) is 0 Å². The van der Waals surface area contributed by atoms with Crippen LogP contribution in [0.15, 0.2) is 158 Å². The lowest BCUT2D eigenvalue weighted by Gasteiger charge is -2.00. The zero-order valence-electron chi connectivity index (χ0n) is 53.6. The van der Waals surface area contributed by atoms with E-state index in [2.05, 4.69) is 102 Å². The Balaban J connectivity index is 0.000000123. The van der Waals surface area contributed by atoms with Crippen molar-refractivity contribution < 1.29 is 45.3 Å². The summed E-state index contributed by atoms with van der Waals surface area (Å²) in [6.45, 7) is 1.62. The lowest BCUT2D eigenvalue weighted by atomic mass is 10.1. The van der Waals surface area contributed by atoms with Crippen LogP contribution in [0, 0.1) is 46.5 Å². The second-order valence-corrected chi connectivity index (χ2v) is 22.8. The number of halogens is 8. The molecule has 10 N–H and O–H groups in total. The van der Waals surface area contributed by atoms with Gasteiger partial charge in [0.25, 0.3) is 0 Å². The number of rotatable bonds is 16. The number of hydrogen-bond donors (Lipinski definition) is 10. The molecule has 103 heavy (non-hydrogen) atoms. The molecule has 1 atom stereocenters. The fourth-order valence-corrected chi connectivity index (χ4v) is 10.5. The number of nitrogens with zero attached hydrogens (tertiary/aromatic N) is 12. The number of fused-ring (bicyclic) bond motifs is 4. The van der Waals surface area contributed by atoms with E-state index in [9.17, 15) is 40.2 Å². The Morgan fingerprint density at radius 2 is 0.825 bits per heavy atom. The molecule has 0 saturated heterocycles. The maximum absolute atomic E-state index is 14.5. The van der Waals surface area contributed by atoms with Gasteiger partial charge >= 0.3 is 0 Å². The Bertz CT molecular complexity index is 5700. The highest BCUT2D eigenvalue weighted by Crippen LogP contribution is 2.32. The van der Waals surface area contributed by atoms with Crippen molar-refractivity contribution in [3.05, 3.63) is 261 Å². The van der Waals surface area contributed by atoms with E-state index in [4.69, 9.17) is 5.11 Å². The van der Waals surface area contributed by atoms with Crippen LogP contribution < -0.4 is 0 Å². The highest BCUT2D eigenvalue weighted by Gasteiger charge is 2.19. The maximum Gasteiger partial charge on any atom is 0.181 e. The van der Waals surface area contributed by atoms with Crippen molar-refractivity contribution in [2.24, 2.45) is 0 Å². The van der Waals surface area contributed by atoms with Gasteiger partial charge in [-0.15, -0.1) is 0 Å². The van der Waals surface area contributed by atoms with E-state index in [0.29, 0.717) is 109 Å². The van der Waals surface area contributed by atoms with Crippen LogP contribution in [0.3, 0.4) is 0 Å². The molecule has 16 aromatic rings. The third-order valence-corrected chi connectivity index (χ3v) is 15.7. The minimum Gasteiger partial charge on any atom is -0.396 e. The van der Waals surface area contributed by atoms with Gasteiger partial charge in [-0.2, -0.15) is 40.8 Å². The Hall–Kier alpha value is -13.5. The van der Waals surface area contributed by atoms with Gasteiger partial charge in [0.1, 0.15) is 70.2 Å². The van der Waals surface area contributed by atoms with Crippen LogP contribution in [0.5, 0.6) is 0 Å². The van der Waals surface area contributed by atoms with Gasteiger partial charge in [-0.3, -0.25) is 40.8 Å². The fourth-order valence-electron chi connectivity index (χ4n) is 10.5. The van der Waals surface area contributed by atoms with E-state index in [1.54, 1.807) is 122 Å². The van der Waals surface area contributed by atoms with Gasteiger partial charge in [0, 0.05) is 57.3 Å². The minimum absolute atomic E-state index is 0.0649. The second kappa shape index (κ2) is 30.7. The van der Waals surface area contributed by atoms with Gasteiger partial charge < -0.3 is 10.2 Å². The summed E-state index contributed by atoms with van der Waals surface area (Å²) in [7, 11) is 0. The average Bonchev–Trinajstić information content (AvgIpc) is 1.68. The molecule has 0 aliphatic carbocycles. The number of aliphatic hydroxyl groups is 2. The van der Waals surface area contributed by atoms with Crippen molar-refractivity contribution in [1.82, 2.24) is 102 Å².